The lowest BCUT2D eigenvalue weighted by molar-refractivity contribution is 0.0906. The number of nitrogens with zero attached hydrogens (tertiary/aromatic N) is 3. The van der Waals surface area contributed by atoms with Gasteiger partial charge in [-0.05, 0) is 43.9 Å². The Morgan fingerprint density at radius 1 is 1.30 bits per heavy atom. The molecule has 0 spiro atoms. The maximum atomic E-state index is 5.79. The van der Waals surface area contributed by atoms with Gasteiger partial charge in [0.25, 0.3) is 0 Å². The molecule has 0 aliphatic rings. The monoisotopic (exact) mass is 293 g/mol. The van der Waals surface area contributed by atoms with Crippen LogP contribution in [0.5, 0.6) is 0 Å². The molecule has 2 aromatic rings. The highest BCUT2D eigenvalue weighted by Gasteiger charge is 2.09. The summed E-state index contributed by atoms with van der Waals surface area (Å²) in [7, 11) is -0.507. The predicted octanol–water partition coefficient (Wildman–Crippen LogP) is 3.05. The van der Waals surface area contributed by atoms with Crippen LogP contribution in [0.1, 0.15) is 11.5 Å². The van der Waals surface area contributed by atoms with E-state index in [0.717, 1.165) is 35.0 Å². The van der Waals surface area contributed by atoms with Gasteiger partial charge >= 0.3 is 0 Å². The van der Waals surface area contributed by atoms with Crippen LogP contribution < -0.4 is 0 Å². The Kier molecular flexibility index (Phi) is 4.50. The zero-order chi connectivity index (χ0) is 14.8. The normalized spacial score (nSPS) is 12.8. The summed E-state index contributed by atoms with van der Waals surface area (Å²) in [5.41, 5.74) is 2.62. The van der Waals surface area contributed by atoms with Gasteiger partial charge in [0.1, 0.15) is 18.1 Å². The third-order valence-electron chi connectivity index (χ3n) is 3.07. The molecule has 0 unspecified atom stereocenters. The van der Waals surface area contributed by atoms with Crippen molar-refractivity contribution in [2.75, 3.05) is 31.1 Å². The molecule has 0 atom stereocenters. The van der Waals surface area contributed by atoms with E-state index in [1.54, 1.807) is 6.08 Å². The summed E-state index contributed by atoms with van der Waals surface area (Å²) < 4.78 is 7.81. The number of ether oxygens (including phenoxy) is 1. The van der Waals surface area contributed by atoms with Crippen molar-refractivity contribution in [3.8, 4) is 0 Å². The molecule has 2 rings (SSSR count). The maximum absolute atomic E-state index is 5.79. The van der Waals surface area contributed by atoms with Gasteiger partial charge in [0.05, 0.1) is 12.3 Å². The highest BCUT2D eigenvalue weighted by Crippen LogP contribution is 2.33. The third-order valence-corrected chi connectivity index (χ3v) is 4.47. The zero-order valence-electron chi connectivity index (χ0n) is 12.7. The van der Waals surface area contributed by atoms with Gasteiger partial charge in [0.2, 0.25) is 0 Å². The lowest BCUT2D eigenvalue weighted by atomic mass is 10.3. The molecule has 0 aliphatic carbocycles. The molecule has 0 saturated heterocycles. The number of fused-ring (bicyclic) bond motifs is 1. The van der Waals surface area contributed by atoms with Crippen LogP contribution in [0.4, 0.5) is 0 Å². The number of hydrogen-bond donors (Lipinski definition) is 0. The fraction of sp³-hybridized carbons (Fsp3) is 0.467. The van der Waals surface area contributed by atoms with Crippen molar-refractivity contribution < 1.29 is 4.74 Å². The van der Waals surface area contributed by atoms with Crippen molar-refractivity contribution in [3.63, 3.8) is 0 Å². The topological polar surface area (TPSA) is 39.9 Å². The Balaban J connectivity index is 2.12. The number of aromatic nitrogens is 3. The van der Waals surface area contributed by atoms with Crippen molar-refractivity contribution in [3.05, 3.63) is 30.2 Å². The molecule has 20 heavy (non-hydrogen) atoms. The van der Waals surface area contributed by atoms with Crippen molar-refractivity contribution in [2.24, 2.45) is 0 Å². The highest BCUT2D eigenvalue weighted by atomic mass is 32.3. The van der Waals surface area contributed by atoms with E-state index in [-0.39, 0.29) is 0 Å². The van der Waals surface area contributed by atoms with Crippen molar-refractivity contribution in [2.45, 2.75) is 13.7 Å². The molecule has 0 saturated carbocycles. The molecular weight excluding hydrogens is 270 g/mol. The minimum absolute atomic E-state index is 0.505. The molecule has 110 valence electrons. The van der Waals surface area contributed by atoms with Crippen LogP contribution >= 0.6 is 10.0 Å². The van der Waals surface area contributed by atoms with E-state index in [9.17, 15) is 0 Å². The summed E-state index contributed by atoms with van der Waals surface area (Å²) in [5, 5.41) is 0. The standard InChI is InChI=1S/C15H23N3OS/c1-6-13-7-8-14-15(17-13)18(12(2)16-14)11-19-9-10-20(3,4)5/h6-8H,1,9-11H2,2-5H3. The van der Waals surface area contributed by atoms with Gasteiger partial charge < -0.3 is 4.74 Å². The van der Waals surface area contributed by atoms with E-state index in [4.69, 9.17) is 4.74 Å². The first-order valence-electron chi connectivity index (χ1n) is 6.61. The Morgan fingerprint density at radius 2 is 2.05 bits per heavy atom. The minimum Gasteiger partial charge on any atom is -0.360 e. The Bertz CT molecular complexity index is 613. The lowest BCUT2D eigenvalue weighted by Crippen LogP contribution is -2.11. The summed E-state index contributed by atoms with van der Waals surface area (Å²) >= 11 is 0. The predicted molar refractivity (Wildman–Crippen MR) is 88.5 cm³/mol. The van der Waals surface area contributed by atoms with Crippen LogP contribution in [0.25, 0.3) is 17.2 Å². The largest absolute Gasteiger partial charge is 0.360 e. The molecular formula is C15H23N3OS. The van der Waals surface area contributed by atoms with Crippen LogP contribution in [-0.4, -0.2) is 45.7 Å². The Morgan fingerprint density at radius 3 is 2.70 bits per heavy atom. The first-order valence-corrected chi connectivity index (χ1v) is 9.63. The summed E-state index contributed by atoms with van der Waals surface area (Å²) in [6, 6.07) is 3.90. The second kappa shape index (κ2) is 5.97. The fourth-order valence-electron chi connectivity index (χ4n) is 1.86. The molecule has 0 fully saturated rings. The Hall–Kier alpha value is -1.33. The van der Waals surface area contributed by atoms with Crippen molar-refractivity contribution in [1.29, 1.82) is 0 Å². The molecule has 0 amide bonds. The third kappa shape index (κ3) is 3.61. The fourth-order valence-corrected chi connectivity index (χ4v) is 2.48. The van der Waals surface area contributed by atoms with Crippen LogP contribution in [-0.2, 0) is 11.5 Å². The van der Waals surface area contributed by atoms with Gasteiger partial charge in [0.15, 0.2) is 5.65 Å². The highest BCUT2D eigenvalue weighted by molar-refractivity contribution is 8.32. The zero-order valence-corrected chi connectivity index (χ0v) is 13.5. The van der Waals surface area contributed by atoms with Gasteiger partial charge in [-0.1, -0.05) is 6.58 Å². The summed E-state index contributed by atoms with van der Waals surface area (Å²) in [6.07, 6.45) is 8.64. The molecule has 4 nitrogen and oxygen atoms in total. The number of rotatable bonds is 6. The first-order chi connectivity index (χ1) is 9.40. The second-order valence-electron chi connectivity index (χ2n) is 5.70. The number of aryl methyl sites for hydroxylation is 1. The molecule has 0 N–H and O–H groups in total. The van der Waals surface area contributed by atoms with Gasteiger partial charge in [-0.15, -0.1) is 0 Å². The second-order valence-corrected chi connectivity index (χ2v) is 10.3. The molecule has 0 aliphatic heterocycles. The average molecular weight is 293 g/mol. The van der Waals surface area contributed by atoms with Crippen LogP contribution in [0.2, 0.25) is 0 Å². The van der Waals surface area contributed by atoms with E-state index in [2.05, 4.69) is 35.3 Å². The summed E-state index contributed by atoms with van der Waals surface area (Å²) in [4.78, 5) is 9.06. The molecule has 5 heteroatoms. The SMILES string of the molecule is C=Cc1ccc2nc(C)n(COCCS(C)(C)C)c2n1. The van der Waals surface area contributed by atoms with Crippen LogP contribution in [0.3, 0.4) is 0 Å². The van der Waals surface area contributed by atoms with E-state index < -0.39 is 10.0 Å². The molecule has 0 aromatic carbocycles. The molecule has 0 radical (unpaired) electrons. The quantitative estimate of drug-likeness (QED) is 0.769. The van der Waals surface area contributed by atoms with Gasteiger partial charge in [-0.25, -0.2) is 20.0 Å². The van der Waals surface area contributed by atoms with E-state index in [1.165, 1.54) is 0 Å². The number of imidazole rings is 1. The molecule has 2 heterocycles. The van der Waals surface area contributed by atoms with E-state index in [0.29, 0.717) is 6.73 Å². The number of pyridine rings is 1. The lowest BCUT2D eigenvalue weighted by Gasteiger charge is -2.24. The van der Waals surface area contributed by atoms with Gasteiger partial charge in [0, 0.05) is 5.75 Å². The van der Waals surface area contributed by atoms with Crippen LogP contribution in [0, 0.1) is 6.92 Å². The summed E-state index contributed by atoms with van der Waals surface area (Å²) in [5.74, 6) is 2.04. The minimum atomic E-state index is -0.507. The van der Waals surface area contributed by atoms with Crippen molar-refractivity contribution >= 4 is 27.3 Å². The van der Waals surface area contributed by atoms with Crippen LogP contribution in [0.15, 0.2) is 18.7 Å². The molecule has 0 bridgehead atoms. The van der Waals surface area contributed by atoms with Crippen molar-refractivity contribution in [1.82, 2.24) is 14.5 Å². The Labute approximate surface area is 122 Å². The molecule has 2 aromatic heterocycles. The smallest absolute Gasteiger partial charge is 0.162 e. The van der Waals surface area contributed by atoms with Gasteiger partial charge in [-0.3, -0.25) is 4.57 Å². The maximum Gasteiger partial charge on any atom is 0.162 e. The van der Waals surface area contributed by atoms with E-state index in [1.807, 2.05) is 23.6 Å². The average Bonchev–Trinajstić information content (AvgIpc) is 2.68. The number of hydrogen-bond acceptors (Lipinski definition) is 3. The first kappa shape index (κ1) is 15.1. The van der Waals surface area contributed by atoms with E-state index >= 15 is 0 Å². The summed E-state index contributed by atoms with van der Waals surface area (Å²) in [6.45, 7) is 7.02. The van der Waals surface area contributed by atoms with Gasteiger partial charge in [-0.2, -0.15) is 0 Å².